The topological polar surface area (TPSA) is 87.1 Å². The maximum atomic E-state index is 6.07. The molecule has 3 heterocycles. The zero-order chi connectivity index (χ0) is 14.1. The number of nitrogens with zero attached hydrogens (tertiary/aromatic N) is 3. The van der Waals surface area contributed by atoms with Gasteiger partial charge in [-0.05, 0) is 44.3 Å². The van der Waals surface area contributed by atoms with Crippen molar-refractivity contribution in [1.82, 2.24) is 15.1 Å². The molecule has 1 aliphatic rings. The van der Waals surface area contributed by atoms with Crippen molar-refractivity contribution in [3.05, 3.63) is 27.1 Å². The summed E-state index contributed by atoms with van der Waals surface area (Å²) < 4.78 is 12.4. The average molecular weight is 404 g/mol. The Morgan fingerprint density at radius 1 is 1.35 bits per heavy atom. The summed E-state index contributed by atoms with van der Waals surface area (Å²) in [6.45, 7) is 1.19. The highest BCUT2D eigenvalue weighted by atomic mass is 79.9. The molecule has 2 atom stereocenters. The van der Waals surface area contributed by atoms with Gasteiger partial charge >= 0.3 is 0 Å². The molecule has 0 aliphatic carbocycles. The fraction of sp³-hybridized carbons (Fsp3) is 0.417. The van der Waals surface area contributed by atoms with Gasteiger partial charge in [0.15, 0.2) is 0 Å². The fourth-order valence-electron chi connectivity index (χ4n) is 2.07. The Bertz CT molecular complexity index is 619. The van der Waals surface area contributed by atoms with E-state index < -0.39 is 0 Å². The first-order valence-electron chi connectivity index (χ1n) is 6.13. The molecule has 6 nitrogen and oxygen atoms in total. The summed E-state index contributed by atoms with van der Waals surface area (Å²) in [7, 11) is 0. The minimum Gasteiger partial charge on any atom is -0.381 e. The largest absolute Gasteiger partial charge is 0.381 e. The van der Waals surface area contributed by atoms with Crippen molar-refractivity contribution in [2.24, 2.45) is 5.73 Å². The van der Waals surface area contributed by atoms with Gasteiger partial charge in [0.2, 0.25) is 11.7 Å². The van der Waals surface area contributed by atoms with Crippen LogP contribution in [0.25, 0.3) is 11.5 Å². The van der Waals surface area contributed by atoms with Crippen molar-refractivity contribution in [2.75, 3.05) is 13.2 Å². The van der Waals surface area contributed by atoms with Crippen LogP contribution in [0.5, 0.6) is 0 Å². The van der Waals surface area contributed by atoms with E-state index >= 15 is 0 Å². The second kappa shape index (κ2) is 5.88. The maximum Gasteiger partial charge on any atom is 0.234 e. The molecule has 1 fully saturated rings. The van der Waals surface area contributed by atoms with Crippen LogP contribution >= 0.6 is 31.9 Å². The van der Waals surface area contributed by atoms with Crippen LogP contribution < -0.4 is 5.73 Å². The SMILES string of the molecule is NC1CCOCC1c1nc(-c2ncc(Br)cc2Br)no1. The van der Waals surface area contributed by atoms with E-state index in [9.17, 15) is 0 Å². The van der Waals surface area contributed by atoms with Gasteiger partial charge in [0, 0.05) is 27.8 Å². The zero-order valence-electron chi connectivity index (χ0n) is 10.4. The Morgan fingerprint density at radius 3 is 2.95 bits per heavy atom. The lowest BCUT2D eigenvalue weighted by Gasteiger charge is -2.25. The molecule has 0 amide bonds. The van der Waals surface area contributed by atoms with Gasteiger partial charge in [-0.2, -0.15) is 4.98 Å². The average Bonchev–Trinajstić information content (AvgIpc) is 2.88. The van der Waals surface area contributed by atoms with Crippen molar-refractivity contribution < 1.29 is 9.26 Å². The highest BCUT2D eigenvalue weighted by Gasteiger charge is 2.29. The number of ether oxygens (including phenoxy) is 1. The van der Waals surface area contributed by atoms with E-state index in [1.807, 2.05) is 6.07 Å². The van der Waals surface area contributed by atoms with Crippen molar-refractivity contribution in [3.8, 4) is 11.5 Å². The van der Waals surface area contributed by atoms with Gasteiger partial charge in [-0.3, -0.25) is 4.98 Å². The molecule has 2 aromatic rings. The molecule has 2 aromatic heterocycles. The summed E-state index contributed by atoms with van der Waals surface area (Å²) in [5.74, 6) is 0.889. The monoisotopic (exact) mass is 402 g/mol. The molecule has 106 valence electrons. The van der Waals surface area contributed by atoms with E-state index in [4.69, 9.17) is 15.0 Å². The normalized spacial score (nSPS) is 22.9. The van der Waals surface area contributed by atoms with Gasteiger partial charge in [-0.15, -0.1) is 0 Å². The molecule has 3 rings (SSSR count). The van der Waals surface area contributed by atoms with Crippen molar-refractivity contribution in [2.45, 2.75) is 18.4 Å². The predicted molar refractivity (Wildman–Crippen MR) is 79.1 cm³/mol. The summed E-state index contributed by atoms with van der Waals surface area (Å²) in [6, 6.07) is 1.87. The van der Waals surface area contributed by atoms with Crippen molar-refractivity contribution in [3.63, 3.8) is 0 Å². The van der Waals surface area contributed by atoms with E-state index in [1.54, 1.807) is 6.20 Å². The van der Waals surface area contributed by atoms with E-state index in [1.165, 1.54) is 0 Å². The minimum absolute atomic E-state index is 0.0154. The van der Waals surface area contributed by atoms with E-state index in [0.717, 1.165) is 15.4 Å². The van der Waals surface area contributed by atoms with Gasteiger partial charge in [0.05, 0.1) is 12.5 Å². The first-order valence-corrected chi connectivity index (χ1v) is 7.72. The summed E-state index contributed by atoms with van der Waals surface area (Å²) >= 11 is 6.79. The Hall–Kier alpha value is -0.830. The molecule has 0 bridgehead atoms. The van der Waals surface area contributed by atoms with Crippen LogP contribution in [0.4, 0.5) is 0 Å². The molecule has 0 spiro atoms. The minimum atomic E-state index is -0.0563. The van der Waals surface area contributed by atoms with Gasteiger partial charge in [0.25, 0.3) is 0 Å². The molecular formula is C12H12Br2N4O2. The lowest BCUT2D eigenvalue weighted by atomic mass is 9.97. The first-order chi connectivity index (χ1) is 9.65. The summed E-state index contributed by atoms with van der Waals surface area (Å²) in [5, 5.41) is 3.98. The molecule has 0 radical (unpaired) electrons. The summed E-state index contributed by atoms with van der Waals surface area (Å²) in [5.41, 5.74) is 6.70. The summed E-state index contributed by atoms with van der Waals surface area (Å²) in [4.78, 5) is 8.68. The lowest BCUT2D eigenvalue weighted by Crippen LogP contribution is -2.37. The van der Waals surface area contributed by atoms with Crippen molar-refractivity contribution in [1.29, 1.82) is 0 Å². The van der Waals surface area contributed by atoms with Crippen LogP contribution in [0.3, 0.4) is 0 Å². The smallest absolute Gasteiger partial charge is 0.234 e. The molecular weight excluding hydrogens is 392 g/mol. The van der Waals surface area contributed by atoms with Gasteiger partial charge in [0.1, 0.15) is 5.69 Å². The Morgan fingerprint density at radius 2 is 2.20 bits per heavy atom. The lowest BCUT2D eigenvalue weighted by molar-refractivity contribution is 0.0590. The first kappa shape index (κ1) is 14.1. The number of aromatic nitrogens is 3. The number of rotatable bonds is 2. The third kappa shape index (κ3) is 2.78. The molecule has 8 heteroatoms. The third-order valence-electron chi connectivity index (χ3n) is 3.19. The third-order valence-corrected chi connectivity index (χ3v) is 4.23. The second-order valence-electron chi connectivity index (χ2n) is 4.57. The maximum absolute atomic E-state index is 6.07. The van der Waals surface area contributed by atoms with E-state index in [-0.39, 0.29) is 12.0 Å². The molecule has 2 unspecified atom stereocenters. The molecule has 1 saturated heterocycles. The molecule has 2 N–H and O–H groups in total. The number of pyridine rings is 1. The molecule has 1 aliphatic heterocycles. The number of halogens is 2. The second-order valence-corrected chi connectivity index (χ2v) is 6.34. The molecule has 20 heavy (non-hydrogen) atoms. The van der Waals surface area contributed by atoms with Crippen LogP contribution in [0, 0.1) is 0 Å². The Balaban J connectivity index is 1.89. The van der Waals surface area contributed by atoms with Crippen LogP contribution in [0.2, 0.25) is 0 Å². The van der Waals surface area contributed by atoms with Crippen LogP contribution in [-0.2, 0) is 4.74 Å². The van der Waals surface area contributed by atoms with E-state index in [0.29, 0.717) is 30.6 Å². The number of hydrogen-bond donors (Lipinski definition) is 1. The highest BCUT2D eigenvalue weighted by Crippen LogP contribution is 2.29. The van der Waals surface area contributed by atoms with Gasteiger partial charge < -0.3 is 15.0 Å². The van der Waals surface area contributed by atoms with Crippen molar-refractivity contribution >= 4 is 31.9 Å². The Kier molecular flexibility index (Phi) is 4.16. The van der Waals surface area contributed by atoms with Gasteiger partial charge in [-0.1, -0.05) is 5.16 Å². The Labute approximate surface area is 132 Å². The summed E-state index contributed by atoms with van der Waals surface area (Å²) in [6.07, 6.45) is 2.48. The quantitative estimate of drug-likeness (QED) is 0.828. The molecule has 0 saturated carbocycles. The van der Waals surface area contributed by atoms with E-state index in [2.05, 4.69) is 47.0 Å². The van der Waals surface area contributed by atoms with Crippen LogP contribution in [-0.4, -0.2) is 34.4 Å². The number of nitrogens with two attached hydrogens (primary N) is 1. The number of hydrogen-bond acceptors (Lipinski definition) is 6. The highest BCUT2D eigenvalue weighted by molar-refractivity contribution is 9.11. The van der Waals surface area contributed by atoms with Gasteiger partial charge in [-0.25, -0.2) is 0 Å². The predicted octanol–water partition coefficient (Wildman–Crippen LogP) is 2.49. The fourth-order valence-corrected chi connectivity index (χ4v) is 3.23. The van der Waals surface area contributed by atoms with Crippen LogP contribution in [0.1, 0.15) is 18.2 Å². The zero-order valence-corrected chi connectivity index (χ0v) is 13.6. The van der Waals surface area contributed by atoms with Crippen LogP contribution in [0.15, 0.2) is 25.7 Å². The standard InChI is InChI=1S/C12H12Br2N4O2/c13-6-3-8(14)10(16-4-6)11-17-12(20-18-11)7-5-19-2-1-9(7)15/h3-4,7,9H,1-2,5,15H2. The molecule has 0 aromatic carbocycles.